The predicted molar refractivity (Wildman–Crippen MR) is 112 cm³/mol. The standard InChI is InChI=1S/C22H26N4O4/c1-22(2,3)21(30)26-13-15(12-17(26)19(23)28)24-20(29)14-7-9-16(10-8-14)25-11-5-4-6-18(25)27/h4-11,15,17H,12-13H2,1-3H3,(H2,23,28)(H,24,29). The van der Waals surface area contributed by atoms with E-state index in [9.17, 15) is 19.2 Å². The zero-order valence-corrected chi connectivity index (χ0v) is 17.3. The van der Waals surface area contributed by atoms with E-state index in [0.29, 0.717) is 11.3 Å². The molecule has 0 aliphatic carbocycles. The Kier molecular flexibility index (Phi) is 5.78. The van der Waals surface area contributed by atoms with Crippen molar-refractivity contribution in [2.24, 2.45) is 11.1 Å². The van der Waals surface area contributed by atoms with Gasteiger partial charge in [0.1, 0.15) is 6.04 Å². The van der Waals surface area contributed by atoms with Crippen LogP contribution in [0, 0.1) is 5.41 Å². The van der Waals surface area contributed by atoms with E-state index in [1.165, 1.54) is 15.5 Å². The molecular weight excluding hydrogens is 384 g/mol. The van der Waals surface area contributed by atoms with Gasteiger partial charge in [-0.1, -0.05) is 26.8 Å². The summed E-state index contributed by atoms with van der Waals surface area (Å²) in [6, 6.07) is 10.4. The van der Waals surface area contributed by atoms with Crippen molar-refractivity contribution in [3.8, 4) is 5.69 Å². The van der Waals surface area contributed by atoms with Crippen molar-refractivity contribution in [1.82, 2.24) is 14.8 Å². The van der Waals surface area contributed by atoms with E-state index < -0.39 is 17.4 Å². The summed E-state index contributed by atoms with van der Waals surface area (Å²) in [7, 11) is 0. The van der Waals surface area contributed by atoms with Gasteiger partial charge in [0.25, 0.3) is 11.5 Å². The van der Waals surface area contributed by atoms with Gasteiger partial charge < -0.3 is 16.0 Å². The first-order valence-corrected chi connectivity index (χ1v) is 9.77. The molecule has 2 heterocycles. The van der Waals surface area contributed by atoms with Crippen LogP contribution < -0.4 is 16.6 Å². The average Bonchev–Trinajstić information content (AvgIpc) is 3.11. The van der Waals surface area contributed by atoms with Crippen LogP contribution >= 0.6 is 0 Å². The molecule has 2 aromatic rings. The fourth-order valence-electron chi connectivity index (χ4n) is 3.55. The number of primary amides is 1. The van der Waals surface area contributed by atoms with Gasteiger partial charge in [-0.2, -0.15) is 0 Å². The molecule has 0 bridgehead atoms. The molecule has 0 spiro atoms. The summed E-state index contributed by atoms with van der Waals surface area (Å²) in [5, 5.41) is 2.88. The lowest BCUT2D eigenvalue weighted by Crippen LogP contribution is -2.48. The largest absolute Gasteiger partial charge is 0.368 e. The molecule has 30 heavy (non-hydrogen) atoms. The van der Waals surface area contributed by atoms with Crippen LogP contribution in [0.4, 0.5) is 0 Å². The third-order valence-electron chi connectivity index (χ3n) is 5.10. The van der Waals surface area contributed by atoms with Crippen molar-refractivity contribution in [3.63, 3.8) is 0 Å². The van der Waals surface area contributed by atoms with E-state index in [1.807, 2.05) is 0 Å². The van der Waals surface area contributed by atoms with Crippen molar-refractivity contribution in [2.45, 2.75) is 39.3 Å². The van der Waals surface area contributed by atoms with Crippen LogP contribution in [-0.2, 0) is 9.59 Å². The predicted octanol–water partition coefficient (Wildman–Crippen LogP) is 1.07. The maximum atomic E-state index is 12.7. The molecule has 1 saturated heterocycles. The van der Waals surface area contributed by atoms with E-state index >= 15 is 0 Å². The molecule has 1 fully saturated rings. The third-order valence-corrected chi connectivity index (χ3v) is 5.10. The van der Waals surface area contributed by atoms with E-state index in [1.54, 1.807) is 63.4 Å². The maximum Gasteiger partial charge on any atom is 0.255 e. The fraction of sp³-hybridized carbons (Fsp3) is 0.364. The molecule has 0 radical (unpaired) electrons. The van der Waals surface area contributed by atoms with Crippen molar-refractivity contribution in [2.75, 3.05) is 6.54 Å². The van der Waals surface area contributed by atoms with E-state index in [2.05, 4.69) is 5.32 Å². The Morgan fingerprint density at radius 1 is 1.07 bits per heavy atom. The van der Waals surface area contributed by atoms with Gasteiger partial charge in [-0.3, -0.25) is 23.7 Å². The molecule has 8 nitrogen and oxygen atoms in total. The van der Waals surface area contributed by atoms with Gasteiger partial charge in [0.05, 0.1) is 0 Å². The third kappa shape index (κ3) is 4.42. The molecule has 1 aliphatic rings. The van der Waals surface area contributed by atoms with Gasteiger partial charge in [0.2, 0.25) is 11.8 Å². The number of benzene rings is 1. The first kappa shape index (κ1) is 21.3. The molecular formula is C22H26N4O4. The number of hydrogen-bond acceptors (Lipinski definition) is 4. The van der Waals surface area contributed by atoms with Gasteiger partial charge in [0.15, 0.2) is 0 Å². The summed E-state index contributed by atoms with van der Waals surface area (Å²) < 4.78 is 1.48. The van der Waals surface area contributed by atoms with Crippen molar-refractivity contribution in [1.29, 1.82) is 0 Å². The number of nitrogens with one attached hydrogen (secondary N) is 1. The minimum absolute atomic E-state index is 0.165. The van der Waals surface area contributed by atoms with E-state index in [4.69, 9.17) is 5.73 Å². The summed E-state index contributed by atoms with van der Waals surface area (Å²) in [6.07, 6.45) is 1.93. The molecule has 2 unspecified atom stereocenters. The zero-order valence-electron chi connectivity index (χ0n) is 17.3. The zero-order chi connectivity index (χ0) is 22.1. The monoisotopic (exact) mass is 410 g/mol. The number of hydrogen-bond donors (Lipinski definition) is 2. The maximum absolute atomic E-state index is 12.7. The molecule has 1 aliphatic heterocycles. The van der Waals surface area contributed by atoms with Crippen LogP contribution in [0.25, 0.3) is 5.69 Å². The molecule has 158 valence electrons. The highest BCUT2D eigenvalue weighted by Crippen LogP contribution is 2.26. The lowest BCUT2D eigenvalue weighted by atomic mass is 9.94. The Labute approximate surface area is 174 Å². The molecule has 2 atom stereocenters. The minimum Gasteiger partial charge on any atom is -0.368 e. The Morgan fingerprint density at radius 2 is 1.73 bits per heavy atom. The molecule has 8 heteroatoms. The van der Waals surface area contributed by atoms with Crippen LogP contribution in [0.5, 0.6) is 0 Å². The number of nitrogens with zero attached hydrogens (tertiary/aromatic N) is 2. The number of aromatic nitrogens is 1. The number of carbonyl (C=O) groups is 3. The van der Waals surface area contributed by atoms with Crippen LogP contribution in [-0.4, -0.2) is 45.8 Å². The van der Waals surface area contributed by atoms with Gasteiger partial charge in [-0.25, -0.2) is 0 Å². The normalized spacial score (nSPS) is 18.8. The van der Waals surface area contributed by atoms with Crippen LogP contribution in [0.15, 0.2) is 53.5 Å². The lowest BCUT2D eigenvalue weighted by Gasteiger charge is -2.29. The van der Waals surface area contributed by atoms with Crippen LogP contribution in [0.3, 0.4) is 0 Å². The molecule has 3 N–H and O–H groups in total. The first-order valence-electron chi connectivity index (χ1n) is 9.77. The summed E-state index contributed by atoms with van der Waals surface area (Å²) in [5.74, 6) is -1.08. The number of nitrogens with two attached hydrogens (primary N) is 1. The highest BCUT2D eigenvalue weighted by Gasteiger charge is 2.42. The van der Waals surface area contributed by atoms with Gasteiger partial charge >= 0.3 is 0 Å². The Bertz CT molecular complexity index is 1020. The fourth-order valence-corrected chi connectivity index (χ4v) is 3.55. The SMILES string of the molecule is CC(C)(C)C(=O)N1CC(NC(=O)c2ccc(-n3ccccc3=O)cc2)CC1C(N)=O. The van der Waals surface area contributed by atoms with Gasteiger partial charge in [0, 0.05) is 41.5 Å². The van der Waals surface area contributed by atoms with Gasteiger partial charge in [-0.15, -0.1) is 0 Å². The molecule has 3 amide bonds. The van der Waals surface area contributed by atoms with Crippen molar-refractivity contribution >= 4 is 17.7 Å². The highest BCUT2D eigenvalue weighted by atomic mass is 16.2. The van der Waals surface area contributed by atoms with E-state index in [0.717, 1.165) is 0 Å². The number of amides is 3. The first-order chi connectivity index (χ1) is 14.1. The Balaban J connectivity index is 1.71. The van der Waals surface area contributed by atoms with E-state index in [-0.39, 0.29) is 36.4 Å². The summed E-state index contributed by atoms with van der Waals surface area (Å²) in [4.78, 5) is 50.5. The molecule has 1 aromatic carbocycles. The average molecular weight is 410 g/mol. The van der Waals surface area contributed by atoms with Gasteiger partial charge in [-0.05, 0) is 36.8 Å². The Hall–Kier alpha value is -3.42. The van der Waals surface area contributed by atoms with Crippen molar-refractivity contribution < 1.29 is 14.4 Å². The molecule has 3 rings (SSSR count). The second-order valence-corrected chi connectivity index (χ2v) is 8.49. The summed E-state index contributed by atoms with van der Waals surface area (Å²) >= 11 is 0. The second kappa shape index (κ2) is 8.14. The van der Waals surface area contributed by atoms with Crippen LogP contribution in [0.1, 0.15) is 37.6 Å². The topological polar surface area (TPSA) is 114 Å². The summed E-state index contributed by atoms with van der Waals surface area (Å²) in [5.41, 5.74) is 5.73. The Morgan fingerprint density at radius 3 is 2.30 bits per heavy atom. The highest BCUT2D eigenvalue weighted by molar-refractivity contribution is 5.95. The number of likely N-dealkylation sites (tertiary alicyclic amines) is 1. The summed E-state index contributed by atoms with van der Waals surface area (Å²) in [6.45, 7) is 5.56. The quantitative estimate of drug-likeness (QED) is 0.784. The number of carbonyl (C=O) groups excluding carboxylic acids is 3. The molecule has 1 aromatic heterocycles. The van der Waals surface area contributed by atoms with Crippen LogP contribution in [0.2, 0.25) is 0 Å². The second-order valence-electron chi connectivity index (χ2n) is 8.49. The smallest absolute Gasteiger partial charge is 0.255 e. The lowest BCUT2D eigenvalue weighted by molar-refractivity contribution is -0.143. The number of rotatable bonds is 4. The van der Waals surface area contributed by atoms with Crippen molar-refractivity contribution in [3.05, 3.63) is 64.6 Å². The minimum atomic E-state index is -0.741. The molecule has 0 saturated carbocycles. The number of pyridine rings is 1.